The molecule has 12 nitrogen and oxygen atoms in total. The van der Waals surface area contributed by atoms with Crippen molar-refractivity contribution in [1.82, 2.24) is 35.5 Å². The van der Waals surface area contributed by atoms with E-state index in [1.54, 1.807) is 4.90 Å². The number of benzene rings is 4. The highest BCUT2D eigenvalue weighted by molar-refractivity contribution is 5.97. The number of alkyl carbamates (subject to hydrolysis) is 1. The number of H-pyrrole nitrogens is 2. The van der Waals surface area contributed by atoms with E-state index in [4.69, 9.17) is 19.4 Å². The number of likely N-dealkylation sites (tertiary alicyclic amines) is 1. The second kappa shape index (κ2) is 14.4. The maximum atomic E-state index is 14.1. The molecule has 2 aliphatic rings. The van der Waals surface area contributed by atoms with Crippen LogP contribution in [-0.4, -0.2) is 74.6 Å². The Labute approximate surface area is 325 Å². The van der Waals surface area contributed by atoms with Gasteiger partial charge in [-0.3, -0.25) is 15.0 Å². The van der Waals surface area contributed by atoms with Crippen LogP contribution in [0.25, 0.3) is 55.1 Å². The Balaban J connectivity index is 1.03. The number of aromatic nitrogens is 4. The average molecular weight is 756 g/mol. The Hall–Kier alpha value is -5.75. The van der Waals surface area contributed by atoms with Crippen LogP contribution in [0.1, 0.15) is 78.0 Å². The first kappa shape index (κ1) is 37.2. The molecule has 4 heterocycles. The molecule has 2 amide bonds. The van der Waals surface area contributed by atoms with Gasteiger partial charge in [-0.05, 0) is 128 Å². The number of ether oxygens (including phenoxy) is 2. The molecule has 0 radical (unpaired) electrons. The summed E-state index contributed by atoms with van der Waals surface area (Å²) in [5, 5.41) is 8.41. The van der Waals surface area contributed by atoms with Gasteiger partial charge in [0.2, 0.25) is 0 Å². The lowest BCUT2D eigenvalue weighted by Gasteiger charge is -2.32. The number of ketones is 1. The third-order valence-electron chi connectivity index (χ3n) is 11.1. The Morgan fingerprint density at radius 1 is 0.839 bits per heavy atom. The minimum absolute atomic E-state index is 0.131. The number of Topliss-reactive ketones (excluding diaryl/α,β-unsaturated/α-hetero) is 1. The van der Waals surface area contributed by atoms with Crippen LogP contribution in [0.5, 0.6) is 0 Å². The molecule has 2 aromatic heterocycles. The van der Waals surface area contributed by atoms with Crippen LogP contribution < -0.4 is 10.6 Å². The summed E-state index contributed by atoms with van der Waals surface area (Å²) < 4.78 is 10.5. The highest BCUT2D eigenvalue weighted by atomic mass is 16.6. The minimum Gasteiger partial charge on any atom is -0.453 e. The minimum atomic E-state index is -1.04. The Kier molecular flexibility index (Phi) is 9.56. The standard InChI is InChI=1S/C44H49N7O5/c1-25(2)37(50-41(53)55-6)38(52)44(18-8-19-45-44)40-48-33-17-15-31(24-35(33)49-40)29-13-11-26-21-28(12-10-27(26)22-29)30-14-16-32-34(23-30)47-39(46-32)36-9-7-20-51(36)42(54)56-43(3,4)5/h10-17,21-25,36-37,45H,7-9,18-20H2,1-6H3,(H,46,47)(H,48,49)(H,50,53)/t36-,37-,44+/m0/s1. The van der Waals surface area contributed by atoms with Crippen LogP contribution in [0.15, 0.2) is 72.8 Å². The van der Waals surface area contributed by atoms with Crippen molar-refractivity contribution in [3.05, 3.63) is 84.4 Å². The second-order valence-electron chi connectivity index (χ2n) is 16.4. The third kappa shape index (κ3) is 6.98. The molecule has 290 valence electrons. The van der Waals surface area contributed by atoms with Gasteiger partial charge >= 0.3 is 12.2 Å². The zero-order valence-corrected chi connectivity index (χ0v) is 32.8. The van der Waals surface area contributed by atoms with Gasteiger partial charge in [0.15, 0.2) is 5.78 Å². The van der Waals surface area contributed by atoms with Crippen molar-refractivity contribution in [3.63, 3.8) is 0 Å². The van der Waals surface area contributed by atoms with Crippen LogP contribution in [0.4, 0.5) is 9.59 Å². The lowest BCUT2D eigenvalue weighted by molar-refractivity contribution is -0.128. The molecule has 0 unspecified atom stereocenters. The number of methoxy groups -OCH3 is 1. The van der Waals surface area contributed by atoms with Gasteiger partial charge in [0.1, 0.15) is 22.8 Å². The molecule has 8 rings (SSSR count). The van der Waals surface area contributed by atoms with Gasteiger partial charge in [-0.1, -0.05) is 50.2 Å². The summed E-state index contributed by atoms with van der Waals surface area (Å²) in [6.45, 7) is 10.8. The van der Waals surface area contributed by atoms with Crippen molar-refractivity contribution in [3.8, 4) is 22.3 Å². The van der Waals surface area contributed by atoms with Gasteiger partial charge in [0, 0.05) is 6.54 Å². The summed E-state index contributed by atoms with van der Waals surface area (Å²) >= 11 is 0. The molecule has 4 aromatic carbocycles. The van der Waals surface area contributed by atoms with E-state index in [1.807, 2.05) is 46.8 Å². The number of nitrogens with zero attached hydrogens (tertiary/aromatic N) is 3. The molecule has 12 heteroatoms. The molecule has 3 atom stereocenters. The summed E-state index contributed by atoms with van der Waals surface area (Å²) in [4.78, 5) is 57.8. The van der Waals surface area contributed by atoms with Gasteiger partial charge in [0.05, 0.1) is 41.3 Å². The van der Waals surface area contributed by atoms with Crippen LogP contribution in [0.2, 0.25) is 0 Å². The zero-order chi connectivity index (χ0) is 39.4. The smallest absolute Gasteiger partial charge is 0.410 e. The molecule has 2 fully saturated rings. The molecule has 0 saturated carbocycles. The molecule has 56 heavy (non-hydrogen) atoms. The molecular formula is C44H49N7O5. The van der Waals surface area contributed by atoms with E-state index < -0.39 is 23.3 Å². The quantitative estimate of drug-likeness (QED) is 0.121. The van der Waals surface area contributed by atoms with E-state index in [9.17, 15) is 14.4 Å². The predicted octanol–water partition coefficient (Wildman–Crippen LogP) is 8.53. The van der Waals surface area contributed by atoms with Crippen molar-refractivity contribution in [2.24, 2.45) is 5.92 Å². The lowest BCUT2D eigenvalue weighted by atomic mass is 9.83. The molecule has 0 spiro atoms. The number of nitrogens with one attached hydrogen (secondary N) is 4. The maximum Gasteiger partial charge on any atom is 0.410 e. The van der Waals surface area contributed by atoms with E-state index in [-0.39, 0.29) is 23.8 Å². The number of carbonyl (C=O) groups excluding carboxylic acids is 3. The summed E-state index contributed by atoms with van der Waals surface area (Å²) in [6.07, 6.45) is 2.19. The zero-order valence-electron chi connectivity index (χ0n) is 32.8. The number of hydrogen-bond donors (Lipinski definition) is 4. The summed E-state index contributed by atoms with van der Waals surface area (Å²) in [5.74, 6) is 1.07. The molecular weight excluding hydrogens is 707 g/mol. The number of amides is 2. The van der Waals surface area contributed by atoms with Crippen LogP contribution in [-0.2, 0) is 19.8 Å². The summed E-state index contributed by atoms with van der Waals surface area (Å²) in [5.41, 5.74) is 6.05. The number of rotatable bonds is 8. The fraction of sp³-hybridized carbons (Fsp3) is 0.386. The Morgan fingerprint density at radius 3 is 2.04 bits per heavy atom. The van der Waals surface area contributed by atoms with Crippen LogP contribution >= 0.6 is 0 Å². The van der Waals surface area contributed by atoms with Gasteiger partial charge in [0.25, 0.3) is 0 Å². The maximum absolute atomic E-state index is 14.1. The average Bonchev–Trinajstić information content (AvgIpc) is 4.00. The van der Waals surface area contributed by atoms with Gasteiger partial charge < -0.3 is 24.8 Å². The fourth-order valence-corrected chi connectivity index (χ4v) is 8.21. The Morgan fingerprint density at radius 2 is 1.45 bits per heavy atom. The fourth-order valence-electron chi connectivity index (χ4n) is 8.21. The number of aromatic amines is 2. The number of hydrogen-bond acceptors (Lipinski definition) is 8. The molecule has 0 bridgehead atoms. The first-order chi connectivity index (χ1) is 26.8. The van der Waals surface area contributed by atoms with Crippen molar-refractivity contribution < 1.29 is 23.9 Å². The highest BCUT2D eigenvalue weighted by Crippen LogP contribution is 2.37. The molecule has 0 aliphatic carbocycles. The number of fused-ring (bicyclic) bond motifs is 3. The third-order valence-corrected chi connectivity index (χ3v) is 11.1. The van der Waals surface area contributed by atoms with E-state index in [1.165, 1.54) is 7.11 Å². The van der Waals surface area contributed by atoms with E-state index in [2.05, 4.69) is 81.3 Å². The SMILES string of the molecule is COC(=O)N[C@H](C(=O)[C@@]1(c2nc3ccc(-c4ccc5cc(-c6ccc7nc([C@@H]8CCCN8C(=O)OC(C)(C)C)[nH]c7c6)ccc5c4)cc3[nH]2)CCCN1)C(C)C. The van der Waals surface area contributed by atoms with Crippen LogP contribution in [0.3, 0.4) is 0 Å². The van der Waals surface area contributed by atoms with Gasteiger partial charge in [-0.15, -0.1) is 0 Å². The molecule has 2 aliphatic heterocycles. The number of carbonyl (C=O) groups is 3. The topological polar surface area (TPSA) is 154 Å². The van der Waals surface area contributed by atoms with E-state index >= 15 is 0 Å². The van der Waals surface area contributed by atoms with E-state index in [0.29, 0.717) is 25.3 Å². The van der Waals surface area contributed by atoms with Crippen molar-refractivity contribution in [2.45, 2.75) is 83.5 Å². The first-order valence-electron chi connectivity index (χ1n) is 19.5. The summed E-state index contributed by atoms with van der Waals surface area (Å²) in [6, 6.07) is 24.4. The summed E-state index contributed by atoms with van der Waals surface area (Å²) in [7, 11) is 1.30. The van der Waals surface area contributed by atoms with Gasteiger partial charge in [-0.25, -0.2) is 19.6 Å². The van der Waals surface area contributed by atoms with E-state index in [0.717, 1.165) is 80.2 Å². The normalized spacial score (nSPS) is 19.3. The largest absolute Gasteiger partial charge is 0.453 e. The van der Waals surface area contributed by atoms with Crippen molar-refractivity contribution in [1.29, 1.82) is 0 Å². The monoisotopic (exact) mass is 755 g/mol. The lowest BCUT2D eigenvalue weighted by Crippen LogP contribution is -2.57. The molecule has 2 saturated heterocycles. The predicted molar refractivity (Wildman–Crippen MR) is 217 cm³/mol. The van der Waals surface area contributed by atoms with Gasteiger partial charge in [-0.2, -0.15) is 0 Å². The highest BCUT2D eigenvalue weighted by Gasteiger charge is 2.49. The van der Waals surface area contributed by atoms with Crippen LogP contribution in [0, 0.1) is 5.92 Å². The Bertz CT molecular complexity index is 2470. The first-order valence-corrected chi connectivity index (χ1v) is 19.5. The molecule has 6 aromatic rings. The second-order valence-corrected chi connectivity index (χ2v) is 16.4. The molecule has 4 N–H and O–H groups in total. The number of imidazole rings is 2. The van der Waals surface area contributed by atoms with Crippen molar-refractivity contribution >= 4 is 50.8 Å². The van der Waals surface area contributed by atoms with Crippen molar-refractivity contribution in [2.75, 3.05) is 20.2 Å².